The van der Waals surface area contributed by atoms with Crippen LogP contribution in [0, 0.1) is 11.6 Å². The number of aromatic nitrogens is 3. The Bertz CT molecular complexity index is 1040. The van der Waals surface area contributed by atoms with Gasteiger partial charge >= 0.3 is 12.0 Å². The lowest BCUT2D eigenvalue weighted by Crippen LogP contribution is -2.57. The molecule has 0 saturated carbocycles. The summed E-state index contributed by atoms with van der Waals surface area (Å²) in [5.74, 6) is -1.36. The van der Waals surface area contributed by atoms with E-state index in [2.05, 4.69) is 20.3 Å². The molecule has 1 fully saturated rings. The average molecular weight is 398 g/mol. The summed E-state index contributed by atoms with van der Waals surface area (Å²) in [6, 6.07) is 7.67. The van der Waals surface area contributed by atoms with Gasteiger partial charge in [-0.3, -0.25) is 5.32 Å². The highest BCUT2D eigenvalue weighted by atomic mass is 19.1. The fraction of sp³-hybridized carbons (Fsp3) is 0.158. The first kappa shape index (κ1) is 18.5. The Labute approximate surface area is 164 Å². The maximum atomic E-state index is 14.0. The van der Waals surface area contributed by atoms with Crippen molar-refractivity contribution in [2.75, 3.05) is 24.1 Å². The predicted octanol–water partition coefficient (Wildman–Crippen LogP) is 2.69. The number of benzene rings is 1. The Balaban J connectivity index is 1.41. The fourth-order valence-electron chi connectivity index (χ4n) is 2.77. The molecule has 0 atom stereocenters. The minimum absolute atomic E-state index is 0.0898. The van der Waals surface area contributed by atoms with E-state index in [0.717, 1.165) is 12.1 Å². The molecule has 8 nitrogen and oxygen atoms in total. The van der Waals surface area contributed by atoms with Crippen LogP contribution in [-0.4, -0.2) is 45.1 Å². The summed E-state index contributed by atoms with van der Waals surface area (Å²) in [4.78, 5) is 26.1. The van der Waals surface area contributed by atoms with Crippen molar-refractivity contribution in [3.05, 3.63) is 60.4 Å². The van der Waals surface area contributed by atoms with Gasteiger partial charge in [-0.2, -0.15) is 0 Å². The molecule has 10 heteroatoms. The normalized spacial score (nSPS) is 13.7. The third-order valence-electron chi connectivity index (χ3n) is 4.31. The predicted molar refractivity (Wildman–Crippen MR) is 101 cm³/mol. The van der Waals surface area contributed by atoms with Crippen LogP contribution in [0.15, 0.2) is 48.8 Å². The fourth-order valence-corrected chi connectivity index (χ4v) is 2.77. The van der Waals surface area contributed by atoms with Crippen LogP contribution >= 0.6 is 0 Å². The van der Waals surface area contributed by atoms with Gasteiger partial charge in [-0.05, 0) is 30.3 Å². The van der Waals surface area contributed by atoms with Crippen molar-refractivity contribution < 1.29 is 18.3 Å². The molecule has 2 amide bonds. The van der Waals surface area contributed by atoms with E-state index in [-0.39, 0.29) is 34.9 Å². The van der Waals surface area contributed by atoms with Crippen LogP contribution < -0.4 is 15.8 Å². The summed E-state index contributed by atoms with van der Waals surface area (Å²) in [7, 11) is 0. The molecule has 148 valence electrons. The zero-order chi connectivity index (χ0) is 20.4. The second-order valence-electron chi connectivity index (χ2n) is 6.36. The van der Waals surface area contributed by atoms with E-state index in [1.165, 1.54) is 23.1 Å². The lowest BCUT2D eigenvalue weighted by molar-refractivity contribution is 0.0425. The monoisotopic (exact) mass is 398 g/mol. The number of nitrogens with zero attached hydrogens (tertiary/aromatic N) is 4. The van der Waals surface area contributed by atoms with Crippen LogP contribution in [0.25, 0.3) is 11.3 Å². The zero-order valence-corrected chi connectivity index (χ0v) is 15.0. The van der Waals surface area contributed by atoms with Gasteiger partial charge in [-0.25, -0.2) is 28.5 Å². The van der Waals surface area contributed by atoms with Gasteiger partial charge in [0.15, 0.2) is 5.82 Å². The van der Waals surface area contributed by atoms with Crippen molar-refractivity contribution in [1.29, 1.82) is 0 Å². The molecule has 1 aromatic carbocycles. The van der Waals surface area contributed by atoms with Crippen molar-refractivity contribution in [2.45, 2.75) is 6.10 Å². The Hall–Kier alpha value is -3.82. The molecule has 4 rings (SSSR count). The molecule has 0 bridgehead atoms. The first-order valence-electron chi connectivity index (χ1n) is 8.71. The van der Waals surface area contributed by atoms with E-state index in [1.807, 2.05) is 0 Å². The summed E-state index contributed by atoms with van der Waals surface area (Å²) < 4.78 is 32.7. The van der Waals surface area contributed by atoms with Gasteiger partial charge in [-0.15, -0.1) is 0 Å². The molecule has 1 aliphatic heterocycles. The highest BCUT2D eigenvalue weighted by Gasteiger charge is 2.33. The highest BCUT2D eigenvalue weighted by molar-refractivity contribution is 5.92. The number of pyridine rings is 1. The number of likely N-dealkylation sites (tertiary alicyclic amines) is 1. The topological polar surface area (TPSA) is 106 Å². The number of hydrogen-bond acceptors (Lipinski definition) is 6. The lowest BCUT2D eigenvalue weighted by Gasteiger charge is -2.38. The molecular weight excluding hydrogens is 382 g/mol. The molecule has 1 saturated heterocycles. The number of urea groups is 1. The Morgan fingerprint density at radius 2 is 1.93 bits per heavy atom. The molecule has 3 N–H and O–H groups in total. The number of amides is 2. The van der Waals surface area contributed by atoms with Crippen molar-refractivity contribution in [1.82, 2.24) is 19.9 Å². The summed E-state index contributed by atoms with van der Waals surface area (Å²) in [6.45, 7) is 0.687. The number of nitrogen functional groups attached to an aromatic ring is 1. The Kier molecular flexibility index (Phi) is 4.90. The number of nitrogens with one attached hydrogen (secondary N) is 1. The van der Waals surface area contributed by atoms with Crippen molar-refractivity contribution in [2.24, 2.45) is 0 Å². The molecule has 3 aromatic rings. The number of hydrogen-bond donors (Lipinski definition) is 2. The van der Waals surface area contributed by atoms with Crippen LogP contribution in [0.2, 0.25) is 0 Å². The van der Waals surface area contributed by atoms with E-state index >= 15 is 0 Å². The van der Waals surface area contributed by atoms with E-state index < -0.39 is 17.7 Å². The average Bonchev–Trinajstić information content (AvgIpc) is 2.67. The quantitative estimate of drug-likeness (QED) is 0.700. The number of carbonyl (C=O) groups excluding carboxylic acids is 1. The number of carbonyl (C=O) groups is 1. The molecule has 0 unspecified atom stereocenters. The molecular formula is C19H16F2N6O2. The third-order valence-corrected chi connectivity index (χ3v) is 4.31. The Morgan fingerprint density at radius 3 is 2.66 bits per heavy atom. The van der Waals surface area contributed by atoms with Crippen LogP contribution in [0.4, 0.5) is 25.1 Å². The second-order valence-corrected chi connectivity index (χ2v) is 6.36. The summed E-state index contributed by atoms with van der Waals surface area (Å²) in [6.07, 6.45) is 2.92. The van der Waals surface area contributed by atoms with Gasteiger partial charge in [0.1, 0.15) is 17.7 Å². The van der Waals surface area contributed by atoms with Crippen LogP contribution in [0.3, 0.4) is 0 Å². The minimum Gasteiger partial charge on any atom is -0.456 e. The highest BCUT2D eigenvalue weighted by Crippen LogP contribution is 2.26. The molecule has 1 aliphatic rings. The molecule has 2 aromatic heterocycles. The van der Waals surface area contributed by atoms with Gasteiger partial charge in [0.2, 0.25) is 0 Å². The third kappa shape index (κ3) is 4.05. The first-order chi connectivity index (χ1) is 14.0. The minimum atomic E-state index is -0.759. The number of rotatable bonds is 4. The molecule has 29 heavy (non-hydrogen) atoms. The molecule has 0 aliphatic carbocycles. The van der Waals surface area contributed by atoms with Crippen LogP contribution in [0.1, 0.15) is 0 Å². The van der Waals surface area contributed by atoms with Gasteiger partial charge < -0.3 is 15.4 Å². The maximum Gasteiger partial charge on any atom is 0.323 e. The molecule has 0 radical (unpaired) electrons. The SMILES string of the molecule is Nc1ccc(-c2ccc(F)cc2F)nc1NC(=O)N1CC(Oc2ncccn2)C1. The van der Waals surface area contributed by atoms with E-state index in [9.17, 15) is 13.6 Å². The zero-order valence-electron chi connectivity index (χ0n) is 15.0. The van der Waals surface area contributed by atoms with Gasteiger partial charge in [0, 0.05) is 24.0 Å². The van der Waals surface area contributed by atoms with Crippen LogP contribution in [0.5, 0.6) is 6.01 Å². The second kappa shape index (κ2) is 7.66. The van der Waals surface area contributed by atoms with Crippen molar-refractivity contribution in [3.8, 4) is 17.3 Å². The number of halogens is 2. The maximum absolute atomic E-state index is 14.0. The number of nitrogens with two attached hydrogens (primary N) is 1. The number of ether oxygens (including phenoxy) is 1. The van der Waals surface area contributed by atoms with Crippen LogP contribution in [-0.2, 0) is 0 Å². The van der Waals surface area contributed by atoms with Gasteiger partial charge in [-0.1, -0.05) is 0 Å². The van der Waals surface area contributed by atoms with Crippen molar-refractivity contribution >= 4 is 17.5 Å². The number of anilines is 2. The van der Waals surface area contributed by atoms with Crippen molar-refractivity contribution in [3.63, 3.8) is 0 Å². The largest absolute Gasteiger partial charge is 0.456 e. The lowest BCUT2D eigenvalue weighted by atomic mass is 10.1. The smallest absolute Gasteiger partial charge is 0.323 e. The first-order valence-corrected chi connectivity index (χ1v) is 8.71. The van der Waals surface area contributed by atoms with E-state index in [0.29, 0.717) is 13.1 Å². The Morgan fingerprint density at radius 1 is 1.17 bits per heavy atom. The molecule has 0 spiro atoms. The summed E-state index contributed by atoms with van der Waals surface area (Å²) >= 11 is 0. The standard InChI is InChI=1S/C19H16F2N6O2/c20-11-2-3-13(14(21)8-11)16-5-4-15(22)17(25-16)26-19(28)27-9-12(10-27)29-18-23-6-1-7-24-18/h1-8,12H,9-10,22H2,(H,25,26,28). The van der Waals surface area contributed by atoms with E-state index in [4.69, 9.17) is 10.5 Å². The molecule has 3 heterocycles. The van der Waals surface area contributed by atoms with Gasteiger partial charge in [0.05, 0.1) is 24.5 Å². The van der Waals surface area contributed by atoms with E-state index in [1.54, 1.807) is 18.5 Å². The summed E-state index contributed by atoms with van der Waals surface area (Å²) in [5, 5.41) is 2.61. The summed E-state index contributed by atoms with van der Waals surface area (Å²) in [5.41, 5.74) is 6.41. The van der Waals surface area contributed by atoms with Gasteiger partial charge in [0.25, 0.3) is 0 Å².